The van der Waals surface area contributed by atoms with E-state index in [2.05, 4.69) is 5.32 Å². The number of amides is 3. The predicted octanol–water partition coefficient (Wildman–Crippen LogP) is -0.615. The first-order valence-electron chi connectivity index (χ1n) is 6.64. The maximum atomic E-state index is 12.3. The molecule has 1 unspecified atom stereocenters. The fourth-order valence-corrected chi connectivity index (χ4v) is 2.49. The molecule has 3 amide bonds. The molecule has 21 heavy (non-hydrogen) atoms. The zero-order valence-corrected chi connectivity index (χ0v) is 11.5. The number of primary amides is 2. The van der Waals surface area contributed by atoms with Crippen molar-refractivity contribution in [1.82, 2.24) is 4.90 Å². The van der Waals surface area contributed by atoms with Gasteiger partial charge < -0.3 is 21.7 Å². The molecule has 2 rings (SSSR count). The highest BCUT2D eigenvalue weighted by molar-refractivity contribution is 5.88. The van der Waals surface area contributed by atoms with Gasteiger partial charge in [-0.2, -0.15) is 0 Å². The molecule has 1 aromatic rings. The van der Waals surface area contributed by atoms with Gasteiger partial charge in [-0.3, -0.25) is 14.4 Å². The average Bonchev–Trinajstić information content (AvgIpc) is 2.80. The topological polar surface area (TPSA) is 119 Å². The molecular formula is C14H18N4O3. The maximum Gasteiger partial charge on any atom is 0.237 e. The Morgan fingerprint density at radius 3 is 2.38 bits per heavy atom. The van der Waals surface area contributed by atoms with Crippen LogP contribution in [0.5, 0.6) is 0 Å². The van der Waals surface area contributed by atoms with E-state index in [1.54, 1.807) is 0 Å². The Kier molecular flexibility index (Phi) is 4.42. The van der Waals surface area contributed by atoms with Crippen molar-refractivity contribution in [3.63, 3.8) is 0 Å². The summed E-state index contributed by atoms with van der Waals surface area (Å²) in [4.78, 5) is 35.4. The molecule has 7 heteroatoms. The van der Waals surface area contributed by atoms with Crippen LogP contribution in [0.2, 0.25) is 0 Å². The Morgan fingerprint density at radius 2 is 1.76 bits per heavy atom. The number of fused-ring (bicyclic) bond motifs is 1. The number of carbonyl (C=O) groups is 3. The number of rotatable bonds is 6. The molecule has 1 aliphatic heterocycles. The van der Waals surface area contributed by atoms with Crippen LogP contribution < -0.4 is 16.8 Å². The van der Waals surface area contributed by atoms with E-state index in [0.29, 0.717) is 6.54 Å². The van der Waals surface area contributed by atoms with Crippen molar-refractivity contribution in [3.05, 3.63) is 29.8 Å². The number of para-hydroxylation sites is 1. The summed E-state index contributed by atoms with van der Waals surface area (Å²) < 4.78 is 0. The first kappa shape index (κ1) is 14.8. The molecule has 0 saturated heterocycles. The van der Waals surface area contributed by atoms with E-state index in [4.69, 9.17) is 11.5 Å². The lowest BCUT2D eigenvalue weighted by atomic mass is 9.97. The second-order valence-electron chi connectivity index (χ2n) is 5.05. The maximum absolute atomic E-state index is 12.3. The van der Waals surface area contributed by atoms with Gasteiger partial charge in [-0.05, 0) is 11.6 Å². The standard InChI is InChI=1S/C14H18N4O3/c15-12(19)7-18(8-13(16)20)14(21)5-9-6-17-11-4-2-1-3-10(9)11/h1-4,9,17H,5-8H2,(H2,15,19)(H2,16,20). The van der Waals surface area contributed by atoms with E-state index < -0.39 is 11.8 Å². The van der Waals surface area contributed by atoms with Gasteiger partial charge in [-0.1, -0.05) is 18.2 Å². The van der Waals surface area contributed by atoms with Crippen LogP contribution in [-0.4, -0.2) is 42.3 Å². The number of hydrogen-bond acceptors (Lipinski definition) is 4. The van der Waals surface area contributed by atoms with Crippen LogP contribution in [0.25, 0.3) is 0 Å². The monoisotopic (exact) mass is 290 g/mol. The predicted molar refractivity (Wildman–Crippen MR) is 77.3 cm³/mol. The van der Waals surface area contributed by atoms with Crippen molar-refractivity contribution in [2.75, 3.05) is 25.0 Å². The zero-order chi connectivity index (χ0) is 15.4. The Morgan fingerprint density at radius 1 is 1.14 bits per heavy atom. The number of hydrogen-bond donors (Lipinski definition) is 3. The van der Waals surface area contributed by atoms with Gasteiger partial charge in [0.1, 0.15) is 0 Å². The smallest absolute Gasteiger partial charge is 0.237 e. The largest absolute Gasteiger partial charge is 0.384 e. The van der Waals surface area contributed by atoms with Crippen LogP contribution in [0.3, 0.4) is 0 Å². The van der Waals surface area contributed by atoms with E-state index >= 15 is 0 Å². The molecule has 1 heterocycles. The molecule has 7 nitrogen and oxygen atoms in total. The van der Waals surface area contributed by atoms with E-state index in [1.807, 2.05) is 24.3 Å². The molecule has 0 aromatic heterocycles. The van der Waals surface area contributed by atoms with Crippen molar-refractivity contribution in [2.45, 2.75) is 12.3 Å². The minimum absolute atomic E-state index is 0.0111. The molecule has 0 aliphatic carbocycles. The number of nitrogens with one attached hydrogen (secondary N) is 1. The summed E-state index contributed by atoms with van der Waals surface area (Å²) in [6.07, 6.45) is 0.199. The summed E-state index contributed by atoms with van der Waals surface area (Å²) in [6, 6.07) is 7.74. The first-order valence-corrected chi connectivity index (χ1v) is 6.64. The van der Waals surface area contributed by atoms with Gasteiger partial charge in [0.05, 0.1) is 13.1 Å². The van der Waals surface area contributed by atoms with Gasteiger partial charge in [0, 0.05) is 24.6 Å². The highest BCUT2D eigenvalue weighted by Crippen LogP contribution is 2.33. The lowest BCUT2D eigenvalue weighted by Crippen LogP contribution is -2.43. The fourth-order valence-electron chi connectivity index (χ4n) is 2.49. The summed E-state index contributed by atoms with van der Waals surface area (Å²) in [5, 5.41) is 3.22. The Hall–Kier alpha value is -2.57. The molecule has 0 bridgehead atoms. The molecule has 1 aromatic carbocycles. The number of nitrogens with zero attached hydrogens (tertiary/aromatic N) is 1. The minimum atomic E-state index is -0.672. The lowest BCUT2D eigenvalue weighted by molar-refractivity contribution is -0.138. The second kappa shape index (κ2) is 6.25. The third-order valence-electron chi connectivity index (χ3n) is 3.41. The van der Waals surface area contributed by atoms with Crippen molar-refractivity contribution in [3.8, 4) is 0 Å². The molecule has 112 valence electrons. The Labute approximate surface area is 122 Å². The summed E-state index contributed by atoms with van der Waals surface area (Å²) in [6.45, 7) is 0.0409. The zero-order valence-electron chi connectivity index (χ0n) is 11.5. The third kappa shape index (κ3) is 3.71. The van der Waals surface area contributed by atoms with Gasteiger partial charge >= 0.3 is 0 Å². The molecule has 0 fully saturated rings. The number of anilines is 1. The molecule has 1 atom stereocenters. The van der Waals surface area contributed by atoms with Gasteiger partial charge in [0.15, 0.2) is 0 Å². The summed E-state index contributed by atoms with van der Waals surface area (Å²) in [5.41, 5.74) is 12.3. The van der Waals surface area contributed by atoms with E-state index in [0.717, 1.165) is 16.2 Å². The van der Waals surface area contributed by atoms with Crippen molar-refractivity contribution in [1.29, 1.82) is 0 Å². The van der Waals surface area contributed by atoms with E-state index in [-0.39, 0.29) is 31.3 Å². The molecule has 1 aliphatic rings. The normalized spacial score (nSPS) is 15.9. The first-order chi connectivity index (χ1) is 9.97. The van der Waals surface area contributed by atoms with Crippen LogP contribution in [0.15, 0.2) is 24.3 Å². The number of carbonyl (C=O) groups excluding carboxylic acids is 3. The van der Waals surface area contributed by atoms with Crippen molar-refractivity contribution >= 4 is 23.4 Å². The van der Waals surface area contributed by atoms with Crippen LogP contribution in [0.1, 0.15) is 17.9 Å². The van der Waals surface area contributed by atoms with Gasteiger partial charge in [-0.15, -0.1) is 0 Å². The number of nitrogens with two attached hydrogens (primary N) is 2. The van der Waals surface area contributed by atoms with Gasteiger partial charge in [-0.25, -0.2) is 0 Å². The lowest BCUT2D eigenvalue weighted by Gasteiger charge is -2.21. The molecule has 0 spiro atoms. The quantitative estimate of drug-likeness (QED) is 0.647. The summed E-state index contributed by atoms with van der Waals surface area (Å²) >= 11 is 0. The Balaban J connectivity index is 2.05. The van der Waals surface area contributed by atoms with Crippen LogP contribution in [0.4, 0.5) is 5.69 Å². The SMILES string of the molecule is NC(=O)CN(CC(N)=O)C(=O)CC1CNc2ccccc21. The van der Waals surface area contributed by atoms with Gasteiger partial charge in [0.25, 0.3) is 0 Å². The molecular weight excluding hydrogens is 272 g/mol. The van der Waals surface area contributed by atoms with Crippen molar-refractivity contribution in [2.24, 2.45) is 11.5 Å². The summed E-state index contributed by atoms with van der Waals surface area (Å²) in [5.74, 6) is -1.64. The second-order valence-corrected chi connectivity index (χ2v) is 5.05. The molecule has 0 radical (unpaired) electrons. The van der Waals surface area contributed by atoms with Crippen LogP contribution in [0, 0.1) is 0 Å². The highest BCUT2D eigenvalue weighted by atomic mass is 16.2. The summed E-state index contributed by atoms with van der Waals surface area (Å²) in [7, 11) is 0. The van der Waals surface area contributed by atoms with Crippen LogP contribution >= 0.6 is 0 Å². The number of benzene rings is 1. The minimum Gasteiger partial charge on any atom is -0.384 e. The third-order valence-corrected chi connectivity index (χ3v) is 3.41. The van der Waals surface area contributed by atoms with E-state index in [1.165, 1.54) is 0 Å². The Bertz CT molecular complexity index is 557. The highest BCUT2D eigenvalue weighted by Gasteiger charge is 2.27. The fraction of sp³-hybridized carbons (Fsp3) is 0.357. The van der Waals surface area contributed by atoms with Crippen molar-refractivity contribution < 1.29 is 14.4 Å². The molecule has 5 N–H and O–H groups in total. The van der Waals surface area contributed by atoms with Crippen LogP contribution in [-0.2, 0) is 14.4 Å². The molecule has 0 saturated carbocycles. The van der Waals surface area contributed by atoms with Gasteiger partial charge in [0.2, 0.25) is 17.7 Å². The van der Waals surface area contributed by atoms with E-state index in [9.17, 15) is 14.4 Å². The average molecular weight is 290 g/mol.